The van der Waals surface area contributed by atoms with Gasteiger partial charge in [0.05, 0.1) is 18.3 Å². The molecule has 2 N–H and O–H groups in total. The summed E-state index contributed by atoms with van der Waals surface area (Å²) in [6.45, 7) is 5.39. The third kappa shape index (κ3) is 3.21. The van der Waals surface area contributed by atoms with Crippen LogP contribution in [0.1, 0.15) is 52.4 Å². The minimum absolute atomic E-state index is 0.207. The number of aliphatic hydroxyl groups excluding tert-OH is 1. The lowest BCUT2D eigenvalue weighted by Gasteiger charge is -2.26. The Balaban J connectivity index is 1.74. The van der Waals surface area contributed by atoms with Crippen LogP contribution in [0.3, 0.4) is 0 Å². The Kier molecular flexibility index (Phi) is 4.45. The molecule has 1 saturated heterocycles. The Morgan fingerprint density at radius 3 is 2.59 bits per heavy atom. The molecule has 100 valence electrons. The van der Waals surface area contributed by atoms with Crippen molar-refractivity contribution < 1.29 is 9.84 Å². The fraction of sp³-hybridized carbons (Fsp3) is 1.00. The summed E-state index contributed by atoms with van der Waals surface area (Å²) in [4.78, 5) is 0. The van der Waals surface area contributed by atoms with Crippen LogP contribution in [-0.2, 0) is 4.74 Å². The number of rotatable bonds is 5. The van der Waals surface area contributed by atoms with Gasteiger partial charge in [0, 0.05) is 12.6 Å². The number of hydrogen-bond donors (Lipinski definition) is 2. The van der Waals surface area contributed by atoms with E-state index in [-0.39, 0.29) is 18.2 Å². The molecule has 0 radical (unpaired) electrons. The molecule has 2 unspecified atom stereocenters. The molecule has 3 nitrogen and oxygen atoms in total. The van der Waals surface area contributed by atoms with Crippen molar-refractivity contribution in [1.82, 2.24) is 5.32 Å². The lowest BCUT2D eigenvalue weighted by molar-refractivity contribution is -0.0368. The normalized spacial score (nSPS) is 29.3. The van der Waals surface area contributed by atoms with E-state index in [2.05, 4.69) is 19.2 Å². The number of ether oxygens (including phenoxy) is 1. The predicted octanol–water partition coefficient (Wildman–Crippen LogP) is 2.08. The molecule has 17 heavy (non-hydrogen) atoms. The fourth-order valence-corrected chi connectivity index (χ4v) is 3.22. The molecule has 2 aliphatic rings. The molecule has 0 bridgehead atoms. The standard InChI is InChI=1S/C14H27NO2/c1-11(2)13(10-16)15-9-12-5-8-14(17-12)6-3-4-7-14/h11-13,15-16H,3-10H2,1-2H3. The van der Waals surface area contributed by atoms with E-state index < -0.39 is 0 Å². The summed E-state index contributed by atoms with van der Waals surface area (Å²) in [5.41, 5.74) is 0.235. The van der Waals surface area contributed by atoms with Gasteiger partial charge >= 0.3 is 0 Å². The molecular formula is C14H27NO2. The van der Waals surface area contributed by atoms with Gasteiger partial charge in [0.15, 0.2) is 0 Å². The van der Waals surface area contributed by atoms with Crippen molar-refractivity contribution in [1.29, 1.82) is 0 Å². The predicted molar refractivity (Wildman–Crippen MR) is 69.0 cm³/mol. The summed E-state index contributed by atoms with van der Waals surface area (Å²) >= 11 is 0. The smallest absolute Gasteiger partial charge is 0.0708 e. The van der Waals surface area contributed by atoms with E-state index in [0.29, 0.717) is 12.0 Å². The molecule has 1 saturated carbocycles. The van der Waals surface area contributed by atoms with E-state index in [1.165, 1.54) is 38.5 Å². The Bertz CT molecular complexity index is 236. The summed E-state index contributed by atoms with van der Waals surface area (Å²) in [5.74, 6) is 0.474. The third-order valence-corrected chi connectivity index (χ3v) is 4.46. The van der Waals surface area contributed by atoms with Crippen molar-refractivity contribution in [2.24, 2.45) is 5.92 Å². The van der Waals surface area contributed by atoms with E-state index in [0.717, 1.165) is 6.54 Å². The second-order valence-electron chi connectivity index (χ2n) is 6.11. The quantitative estimate of drug-likeness (QED) is 0.774. The van der Waals surface area contributed by atoms with Crippen molar-refractivity contribution in [3.8, 4) is 0 Å². The number of aliphatic hydroxyl groups is 1. The van der Waals surface area contributed by atoms with Crippen LogP contribution in [0.2, 0.25) is 0 Å². The second kappa shape index (κ2) is 5.68. The van der Waals surface area contributed by atoms with Crippen molar-refractivity contribution >= 4 is 0 Å². The van der Waals surface area contributed by atoms with E-state index in [9.17, 15) is 5.11 Å². The molecule has 1 aliphatic carbocycles. The van der Waals surface area contributed by atoms with Crippen molar-refractivity contribution in [2.45, 2.75) is 70.1 Å². The zero-order valence-corrected chi connectivity index (χ0v) is 11.2. The number of hydrogen-bond acceptors (Lipinski definition) is 3. The average molecular weight is 241 g/mol. The van der Waals surface area contributed by atoms with Gasteiger partial charge in [-0.2, -0.15) is 0 Å². The van der Waals surface area contributed by atoms with Crippen LogP contribution in [0.25, 0.3) is 0 Å². The molecular weight excluding hydrogens is 214 g/mol. The van der Waals surface area contributed by atoms with Crippen LogP contribution in [0.15, 0.2) is 0 Å². The van der Waals surface area contributed by atoms with Gasteiger partial charge in [0.2, 0.25) is 0 Å². The van der Waals surface area contributed by atoms with Crippen LogP contribution in [0, 0.1) is 5.92 Å². The Morgan fingerprint density at radius 2 is 2.00 bits per heavy atom. The third-order valence-electron chi connectivity index (χ3n) is 4.46. The van der Waals surface area contributed by atoms with Crippen LogP contribution in [0.4, 0.5) is 0 Å². The zero-order valence-electron chi connectivity index (χ0n) is 11.2. The Hall–Kier alpha value is -0.120. The first kappa shape index (κ1) is 13.3. The second-order valence-corrected chi connectivity index (χ2v) is 6.11. The minimum atomic E-state index is 0.207. The summed E-state index contributed by atoms with van der Waals surface area (Å²) in [6.07, 6.45) is 7.99. The van der Waals surface area contributed by atoms with E-state index in [1.54, 1.807) is 0 Å². The molecule has 1 aliphatic heterocycles. The van der Waals surface area contributed by atoms with E-state index in [4.69, 9.17) is 4.74 Å². The highest BCUT2D eigenvalue weighted by Gasteiger charge is 2.41. The monoisotopic (exact) mass is 241 g/mol. The largest absolute Gasteiger partial charge is 0.395 e. The lowest BCUT2D eigenvalue weighted by atomic mass is 9.98. The topological polar surface area (TPSA) is 41.5 Å². The SMILES string of the molecule is CC(C)C(CO)NCC1CCC2(CCCC2)O1. The van der Waals surface area contributed by atoms with Gasteiger partial charge in [-0.05, 0) is 31.6 Å². The Labute approximate surface area is 105 Å². The molecule has 1 heterocycles. The molecule has 0 aromatic rings. The highest BCUT2D eigenvalue weighted by atomic mass is 16.5. The van der Waals surface area contributed by atoms with Crippen LogP contribution >= 0.6 is 0 Å². The summed E-state index contributed by atoms with van der Waals surface area (Å²) in [5, 5.41) is 12.7. The first-order chi connectivity index (χ1) is 8.15. The Morgan fingerprint density at radius 1 is 1.29 bits per heavy atom. The van der Waals surface area contributed by atoms with E-state index in [1.807, 2.05) is 0 Å². The van der Waals surface area contributed by atoms with Gasteiger partial charge in [-0.15, -0.1) is 0 Å². The first-order valence-corrected chi connectivity index (χ1v) is 7.17. The fourth-order valence-electron chi connectivity index (χ4n) is 3.22. The molecule has 3 heteroatoms. The summed E-state index contributed by atoms with van der Waals surface area (Å²) < 4.78 is 6.24. The molecule has 0 amide bonds. The van der Waals surface area contributed by atoms with Gasteiger partial charge in [0.25, 0.3) is 0 Å². The van der Waals surface area contributed by atoms with Gasteiger partial charge < -0.3 is 15.2 Å². The molecule has 2 atom stereocenters. The maximum Gasteiger partial charge on any atom is 0.0708 e. The van der Waals surface area contributed by atoms with Crippen molar-refractivity contribution in [2.75, 3.05) is 13.2 Å². The average Bonchev–Trinajstić information content (AvgIpc) is 2.91. The number of nitrogens with one attached hydrogen (secondary N) is 1. The van der Waals surface area contributed by atoms with E-state index >= 15 is 0 Å². The van der Waals surface area contributed by atoms with Crippen LogP contribution in [-0.4, -0.2) is 36.0 Å². The molecule has 0 aromatic heterocycles. The molecule has 1 spiro atoms. The van der Waals surface area contributed by atoms with Crippen molar-refractivity contribution in [3.63, 3.8) is 0 Å². The van der Waals surface area contributed by atoms with Gasteiger partial charge in [0.1, 0.15) is 0 Å². The highest BCUT2D eigenvalue weighted by molar-refractivity contribution is 4.93. The zero-order chi connectivity index (χ0) is 12.3. The van der Waals surface area contributed by atoms with Crippen LogP contribution in [0.5, 0.6) is 0 Å². The van der Waals surface area contributed by atoms with Gasteiger partial charge in [-0.1, -0.05) is 26.7 Å². The van der Waals surface area contributed by atoms with Gasteiger partial charge in [-0.25, -0.2) is 0 Å². The summed E-state index contributed by atoms with van der Waals surface area (Å²) in [7, 11) is 0. The minimum Gasteiger partial charge on any atom is -0.395 e. The van der Waals surface area contributed by atoms with Crippen LogP contribution < -0.4 is 5.32 Å². The van der Waals surface area contributed by atoms with Crippen molar-refractivity contribution in [3.05, 3.63) is 0 Å². The molecule has 2 fully saturated rings. The lowest BCUT2D eigenvalue weighted by Crippen LogP contribution is -2.41. The first-order valence-electron chi connectivity index (χ1n) is 7.17. The molecule has 0 aromatic carbocycles. The maximum absolute atomic E-state index is 9.27. The van der Waals surface area contributed by atoms with Gasteiger partial charge in [-0.3, -0.25) is 0 Å². The molecule has 2 rings (SSSR count). The maximum atomic E-state index is 9.27. The highest BCUT2D eigenvalue weighted by Crippen LogP contribution is 2.43. The summed E-state index contributed by atoms with van der Waals surface area (Å²) in [6, 6.07) is 0.207.